The average Bonchev–Trinajstić information content (AvgIpc) is 3.24. The third kappa shape index (κ3) is 2.84. The Bertz CT molecular complexity index is 507. The van der Waals surface area contributed by atoms with E-state index in [1.807, 2.05) is 13.0 Å². The first kappa shape index (κ1) is 13.3. The molecule has 0 aromatic carbocycles. The van der Waals surface area contributed by atoms with Crippen LogP contribution in [0.5, 0.6) is 0 Å². The molecule has 4 fully saturated rings. The van der Waals surface area contributed by atoms with Crippen molar-refractivity contribution in [1.29, 1.82) is 0 Å². The van der Waals surface area contributed by atoms with Crippen molar-refractivity contribution in [3.63, 3.8) is 0 Å². The van der Waals surface area contributed by atoms with E-state index in [1.54, 1.807) is 0 Å². The zero-order valence-corrected chi connectivity index (χ0v) is 12.8. The minimum atomic E-state index is 0.587. The Morgan fingerprint density at radius 1 is 1.14 bits per heavy atom. The van der Waals surface area contributed by atoms with Gasteiger partial charge in [0.2, 0.25) is 0 Å². The molecule has 1 aromatic rings. The first-order valence-electron chi connectivity index (χ1n) is 8.27. The molecule has 1 aliphatic carbocycles. The van der Waals surface area contributed by atoms with Gasteiger partial charge in [-0.2, -0.15) is 0 Å². The molecule has 2 atom stereocenters. The minimum Gasteiger partial charge on any atom is -0.384 e. The SMILES string of the molecule is Cc1nc(N)cc(N2C[C@@H]3CC[C@H](C2)N(CC2CC2)C3)n1. The number of anilines is 2. The summed E-state index contributed by atoms with van der Waals surface area (Å²) in [5.74, 6) is 4.14. The van der Waals surface area contributed by atoms with E-state index in [0.29, 0.717) is 11.9 Å². The van der Waals surface area contributed by atoms with E-state index in [9.17, 15) is 0 Å². The molecule has 5 heteroatoms. The van der Waals surface area contributed by atoms with Crippen molar-refractivity contribution in [2.75, 3.05) is 36.8 Å². The van der Waals surface area contributed by atoms with Gasteiger partial charge in [-0.05, 0) is 44.4 Å². The summed E-state index contributed by atoms with van der Waals surface area (Å²) in [7, 11) is 0. The smallest absolute Gasteiger partial charge is 0.134 e. The number of hydrogen-bond acceptors (Lipinski definition) is 5. The molecular formula is C16H25N5. The highest BCUT2D eigenvalue weighted by molar-refractivity contribution is 5.47. The van der Waals surface area contributed by atoms with Crippen LogP contribution in [0.2, 0.25) is 0 Å². The Kier molecular flexibility index (Phi) is 3.25. The van der Waals surface area contributed by atoms with Crippen molar-refractivity contribution in [3.8, 4) is 0 Å². The predicted molar refractivity (Wildman–Crippen MR) is 84.2 cm³/mol. The van der Waals surface area contributed by atoms with Gasteiger partial charge in [-0.25, -0.2) is 9.97 Å². The Hall–Kier alpha value is -1.36. The molecule has 0 radical (unpaired) electrons. The number of nitrogens with zero attached hydrogens (tertiary/aromatic N) is 4. The largest absolute Gasteiger partial charge is 0.384 e. The second-order valence-electron chi connectivity index (χ2n) is 7.10. The highest BCUT2D eigenvalue weighted by atomic mass is 15.3. The van der Waals surface area contributed by atoms with E-state index in [4.69, 9.17) is 5.73 Å². The maximum Gasteiger partial charge on any atom is 0.134 e. The van der Waals surface area contributed by atoms with Crippen LogP contribution in [0.25, 0.3) is 0 Å². The van der Waals surface area contributed by atoms with E-state index < -0.39 is 0 Å². The van der Waals surface area contributed by atoms with Crippen LogP contribution in [0.3, 0.4) is 0 Å². The van der Waals surface area contributed by atoms with Gasteiger partial charge in [0, 0.05) is 38.3 Å². The number of nitrogen functional groups attached to an aromatic ring is 1. The van der Waals surface area contributed by atoms with E-state index in [1.165, 1.54) is 38.8 Å². The van der Waals surface area contributed by atoms with Crippen LogP contribution in [-0.2, 0) is 0 Å². The fourth-order valence-corrected chi connectivity index (χ4v) is 3.96. The number of piperidine rings is 1. The zero-order chi connectivity index (χ0) is 14.4. The van der Waals surface area contributed by atoms with Crippen LogP contribution >= 0.6 is 0 Å². The molecule has 4 aliphatic rings. The van der Waals surface area contributed by atoms with E-state index >= 15 is 0 Å². The second kappa shape index (κ2) is 5.13. The van der Waals surface area contributed by atoms with Gasteiger partial charge >= 0.3 is 0 Å². The predicted octanol–water partition coefficient (Wildman–Crippen LogP) is 1.68. The van der Waals surface area contributed by atoms with Gasteiger partial charge in [0.15, 0.2) is 0 Å². The third-order valence-electron chi connectivity index (χ3n) is 5.18. The van der Waals surface area contributed by atoms with Gasteiger partial charge < -0.3 is 10.6 Å². The van der Waals surface area contributed by atoms with Gasteiger partial charge in [-0.3, -0.25) is 4.90 Å². The summed E-state index contributed by atoms with van der Waals surface area (Å²) in [5, 5.41) is 0. The standard InChI is InChI=1S/C16H25N5/c1-11-18-15(17)6-16(19-11)21-9-13-4-5-14(10-21)20(8-13)7-12-2-3-12/h6,12-14H,2-5,7-10H2,1H3,(H2,17,18,19)/t13-,14-/m1/s1. The summed E-state index contributed by atoms with van der Waals surface area (Å²) in [4.78, 5) is 14.0. The van der Waals surface area contributed by atoms with Gasteiger partial charge in [0.1, 0.15) is 17.5 Å². The highest BCUT2D eigenvalue weighted by Crippen LogP contribution is 2.35. The number of nitrogens with two attached hydrogens (primary N) is 1. The van der Waals surface area contributed by atoms with Crippen molar-refractivity contribution in [3.05, 3.63) is 11.9 Å². The molecule has 5 rings (SSSR count). The van der Waals surface area contributed by atoms with Gasteiger partial charge in [-0.1, -0.05) is 0 Å². The quantitative estimate of drug-likeness (QED) is 0.916. The molecule has 3 saturated heterocycles. The number of aryl methyl sites for hydroxylation is 1. The third-order valence-corrected chi connectivity index (χ3v) is 5.18. The Labute approximate surface area is 126 Å². The molecule has 5 nitrogen and oxygen atoms in total. The van der Waals surface area contributed by atoms with Crippen LogP contribution in [-0.4, -0.2) is 47.1 Å². The van der Waals surface area contributed by atoms with Crippen LogP contribution in [0.1, 0.15) is 31.5 Å². The van der Waals surface area contributed by atoms with Crippen molar-refractivity contribution in [1.82, 2.24) is 14.9 Å². The minimum absolute atomic E-state index is 0.587. The lowest BCUT2D eigenvalue weighted by Gasteiger charge is -2.36. The summed E-state index contributed by atoms with van der Waals surface area (Å²) >= 11 is 0. The lowest BCUT2D eigenvalue weighted by Crippen LogP contribution is -2.44. The number of hydrogen-bond donors (Lipinski definition) is 1. The van der Waals surface area contributed by atoms with Gasteiger partial charge in [-0.15, -0.1) is 0 Å². The number of rotatable bonds is 3. The summed E-state index contributed by atoms with van der Waals surface area (Å²) in [6.07, 6.45) is 5.59. The Morgan fingerprint density at radius 3 is 2.76 bits per heavy atom. The Balaban J connectivity index is 1.54. The lowest BCUT2D eigenvalue weighted by molar-refractivity contribution is 0.128. The van der Waals surface area contributed by atoms with E-state index in [0.717, 1.165) is 36.6 Å². The molecule has 1 saturated carbocycles. The molecule has 0 unspecified atom stereocenters. The molecule has 4 heterocycles. The number of fused-ring (bicyclic) bond motifs is 4. The molecule has 0 spiro atoms. The summed E-state index contributed by atoms with van der Waals surface area (Å²) in [5.41, 5.74) is 5.90. The molecule has 2 N–H and O–H groups in total. The van der Waals surface area contributed by atoms with Crippen LogP contribution in [0.4, 0.5) is 11.6 Å². The first-order valence-corrected chi connectivity index (χ1v) is 8.27. The molecule has 3 aliphatic heterocycles. The average molecular weight is 287 g/mol. The van der Waals surface area contributed by atoms with Crippen molar-refractivity contribution in [2.24, 2.45) is 11.8 Å². The maximum atomic E-state index is 5.90. The van der Waals surface area contributed by atoms with Crippen molar-refractivity contribution < 1.29 is 0 Å². The molecule has 0 amide bonds. The van der Waals surface area contributed by atoms with Crippen LogP contribution in [0.15, 0.2) is 6.07 Å². The zero-order valence-electron chi connectivity index (χ0n) is 12.8. The van der Waals surface area contributed by atoms with Crippen LogP contribution < -0.4 is 10.6 Å². The molecule has 21 heavy (non-hydrogen) atoms. The fraction of sp³-hybridized carbons (Fsp3) is 0.750. The molecule has 114 valence electrons. The van der Waals surface area contributed by atoms with Gasteiger partial charge in [0.05, 0.1) is 0 Å². The van der Waals surface area contributed by atoms with Crippen molar-refractivity contribution >= 4 is 11.6 Å². The summed E-state index contributed by atoms with van der Waals surface area (Å²) < 4.78 is 0. The number of aromatic nitrogens is 2. The fourth-order valence-electron chi connectivity index (χ4n) is 3.96. The van der Waals surface area contributed by atoms with E-state index in [-0.39, 0.29) is 0 Å². The summed E-state index contributed by atoms with van der Waals surface area (Å²) in [6.45, 7) is 6.73. The topological polar surface area (TPSA) is 58.3 Å². The molecule has 1 aromatic heterocycles. The van der Waals surface area contributed by atoms with Crippen LogP contribution in [0, 0.1) is 18.8 Å². The van der Waals surface area contributed by atoms with Gasteiger partial charge in [0.25, 0.3) is 0 Å². The highest BCUT2D eigenvalue weighted by Gasteiger charge is 2.37. The summed E-state index contributed by atoms with van der Waals surface area (Å²) in [6, 6.07) is 2.63. The second-order valence-corrected chi connectivity index (χ2v) is 7.10. The molecular weight excluding hydrogens is 262 g/mol. The first-order chi connectivity index (χ1) is 10.2. The Morgan fingerprint density at radius 2 is 2.00 bits per heavy atom. The molecule has 2 bridgehead atoms. The van der Waals surface area contributed by atoms with Crippen molar-refractivity contribution in [2.45, 2.75) is 38.6 Å². The monoisotopic (exact) mass is 287 g/mol. The normalized spacial score (nSPS) is 29.7. The lowest BCUT2D eigenvalue weighted by atomic mass is 9.95. The maximum absolute atomic E-state index is 5.90. The van der Waals surface area contributed by atoms with E-state index in [2.05, 4.69) is 19.8 Å².